The van der Waals surface area contributed by atoms with Crippen LogP contribution in [0.15, 0.2) is 24.7 Å². The second-order valence-corrected chi connectivity index (χ2v) is 7.00. The summed E-state index contributed by atoms with van der Waals surface area (Å²) in [5.41, 5.74) is 0.277. The lowest BCUT2D eigenvalue weighted by atomic mass is 10.2. The van der Waals surface area contributed by atoms with Crippen LogP contribution in [-0.2, 0) is 19.3 Å². The normalized spacial score (nSPS) is 14.6. The third kappa shape index (κ3) is 3.34. The van der Waals surface area contributed by atoms with E-state index < -0.39 is 17.8 Å². The lowest BCUT2D eigenvalue weighted by Gasteiger charge is -2.16. The Balaban J connectivity index is 1.69. The van der Waals surface area contributed by atoms with Crippen molar-refractivity contribution in [2.24, 2.45) is 0 Å². The molecule has 7 nitrogen and oxygen atoms in total. The van der Waals surface area contributed by atoms with Gasteiger partial charge in [-0.3, -0.25) is 9.48 Å². The summed E-state index contributed by atoms with van der Waals surface area (Å²) in [4.78, 5) is 18.6. The van der Waals surface area contributed by atoms with Crippen LogP contribution in [0, 0.1) is 0 Å². The van der Waals surface area contributed by atoms with Gasteiger partial charge >= 0.3 is 6.18 Å². The number of alkyl halides is 3. The van der Waals surface area contributed by atoms with Crippen LogP contribution in [0.4, 0.5) is 13.2 Å². The van der Waals surface area contributed by atoms with E-state index in [2.05, 4.69) is 15.2 Å². The van der Waals surface area contributed by atoms with E-state index in [1.165, 1.54) is 4.90 Å². The summed E-state index contributed by atoms with van der Waals surface area (Å²) in [6.07, 6.45) is 1.67. The lowest BCUT2D eigenvalue weighted by Crippen LogP contribution is -2.26. The molecule has 0 aliphatic heterocycles. The molecular weight excluding hydrogens is 373 g/mol. The van der Waals surface area contributed by atoms with E-state index in [9.17, 15) is 18.0 Å². The maximum absolute atomic E-state index is 13.5. The largest absolute Gasteiger partial charge is 0.433 e. The molecule has 3 aromatic rings. The van der Waals surface area contributed by atoms with Crippen LogP contribution >= 0.6 is 0 Å². The van der Waals surface area contributed by atoms with Gasteiger partial charge in [0.15, 0.2) is 5.65 Å². The van der Waals surface area contributed by atoms with Gasteiger partial charge in [0.2, 0.25) is 0 Å². The van der Waals surface area contributed by atoms with Gasteiger partial charge in [-0.05, 0) is 25.8 Å². The Bertz CT molecular complexity index is 1030. The maximum Gasteiger partial charge on any atom is 0.433 e. The van der Waals surface area contributed by atoms with Gasteiger partial charge < -0.3 is 4.90 Å². The van der Waals surface area contributed by atoms with Gasteiger partial charge in [-0.2, -0.15) is 23.4 Å². The van der Waals surface area contributed by atoms with E-state index in [4.69, 9.17) is 0 Å². The van der Waals surface area contributed by atoms with E-state index in [1.807, 2.05) is 13.1 Å². The molecule has 0 spiro atoms. The second-order valence-electron chi connectivity index (χ2n) is 7.00. The average Bonchev–Trinajstić information content (AvgIpc) is 3.26. The van der Waals surface area contributed by atoms with Crippen molar-refractivity contribution >= 4 is 11.6 Å². The summed E-state index contributed by atoms with van der Waals surface area (Å²) in [6.45, 7) is 2.94. The number of hydrogen-bond acceptors (Lipinski definition) is 4. The van der Waals surface area contributed by atoms with Crippen LogP contribution < -0.4 is 0 Å². The first-order valence-corrected chi connectivity index (χ1v) is 9.00. The molecule has 0 aromatic carbocycles. The molecule has 10 heteroatoms. The van der Waals surface area contributed by atoms with Crippen molar-refractivity contribution in [3.63, 3.8) is 0 Å². The van der Waals surface area contributed by atoms with Crippen LogP contribution in [0.25, 0.3) is 5.65 Å². The number of aromatic nitrogens is 5. The molecule has 1 fully saturated rings. The van der Waals surface area contributed by atoms with Gasteiger partial charge in [-0.25, -0.2) is 9.50 Å². The highest BCUT2D eigenvalue weighted by atomic mass is 19.4. The summed E-state index contributed by atoms with van der Waals surface area (Å²) >= 11 is 0. The van der Waals surface area contributed by atoms with E-state index in [0.29, 0.717) is 16.8 Å². The maximum atomic E-state index is 13.5. The summed E-state index contributed by atoms with van der Waals surface area (Å²) in [5.74, 6) is -0.422. The molecule has 1 amide bonds. The molecule has 1 aliphatic rings. The molecule has 28 heavy (non-hydrogen) atoms. The molecule has 1 saturated carbocycles. The van der Waals surface area contributed by atoms with Crippen LogP contribution in [0.1, 0.15) is 53.0 Å². The zero-order valence-corrected chi connectivity index (χ0v) is 15.4. The summed E-state index contributed by atoms with van der Waals surface area (Å²) in [5, 5.41) is 7.97. The third-order valence-electron chi connectivity index (χ3n) is 4.79. The molecule has 0 radical (unpaired) electrons. The topological polar surface area (TPSA) is 68.3 Å². The Kier molecular flexibility index (Phi) is 4.35. The van der Waals surface area contributed by atoms with Gasteiger partial charge in [-0.1, -0.05) is 0 Å². The molecule has 0 N–H and O–H groups in total. The van der Waals surface area contributed by atoms with Crippen molar-refractivity contribution in [1.29, 1.82) is 0 Å². The number of fused-ring (bicyclic) bond motifs is 1. The quantitative estimate of drug-likeness (QED) is 0.669. The predicted molar refractivity (Wildman–Crippen MR) is 93.7 cm³/mol. The molecule has 4 rings (SSSR count). The molecule has 0 unspecified atom stereocenters. The Hall–Kier alpha value is -2.91. The molecule has 0 bridgehead atoms. The molecular formula is C18H19F3N6O. The average molecular weight is 392 g/mol. The second kappa shape index (κ2) is 6.61. The number of aryl methyl sites for hydroxylation is 1. The number of carbonyl (C=O) groups is 1. The molecule has 1 aliphatic carbocycles. The van der Waals surface area contributed by atoms with Crippen LogP contribution in [-0.4, -0.2) is 42.2 Å². The van der Waals surface area contributed by atoms with Crippen molar-refractivity contribution < 1.29 is 18.0 Å². The molecule has 0 atom stereocenters. The number of hydrogen-bond donors (Lipinski definition) is 0. The monoisotopic (exact) mass is 392 g/mol. The number of halogens is 3. The van der Waals surface area contributed by atoms with Crippen molar-refractivity contribution in [1.82, 2.24) is 29.3 Å². The standard InChI is InChI=1S/C18H19F3N6O/c1-3-26-10-11(7-22-26)9-25(2)17(28)13-8-23-27-15(18(19,20)21)6-14(12-4-5-12)24-16(13)27/h6-8,10,12H,3-5,9H2,1-2H3. The molecule has 0 saturated heterocycles. The molecule has 3 aromatic heterocycles. The van der Waals surface area contributed by atoms with Crippen LogP contribution in [0.2, 0.25) is 0 Å². The Labute approximate surface area is 158 Å². The highest BCUT2D eigenvalue weighted by molar-refractivity contribution is 5.99. The number of rotatable bonds is 5. The lowest BCUT2D eigenvalue weighted by molar-refractivity contribution is -0.142. The number of amides is 1. The SMILES string of the molecule is CCn1cc(CN(C)C(=O)c2cnn3c(C(F)(F)F)cc(C4CC4)nc23)cn1. The summed E-state index contributed by atoms with van der Waals surface area (Å²) < 4.78 is 42.9. The third-order valence-corrected chi connectivity index (χ3v) is 4.79. The fraction of sp³-hybridized carbons (Fsp3) is 0.444. The minimum Gasteiger partial charge on any atom is -0.337 e. The van der Waals surface area contributed by atoms with E-state index in [1.54, 1.807) is 17.9 Å². The predicted octanol–water partition coefficient (Wildman–Crippen LogP) is 3.11. The first kappa shape index (κ1) is 18.5. The van der Waals surface area contributed by atoms with Crippen molar-refractivity contribution in [2.75, 3.05) is 7.05 Å². The zero-order valence-electron chi connectivity index (χ0n) is 15.4. The Morgan fingerprint density at radius 3 is 2.64 bits per heavy atom. The van der Waals surface area contributed by atoms with E-state index >= 15 is 0 Å². The van der Waals surface area contributed by atoms with Crippen LogP contribution in [0.3, 0.4) is 0 Å². The van der Waals surface area contributed by atoms with Crippen molar-refractivity contribution in [3.8, 4) is 0 Å². The number of carbonyl (C=O) groups excluding carboxylic acids is 1. The first-order chi connectivity index (χ1) is 13.3. The van der Waals surface area contributed by atoms with Crippen molar-refractivity contribution in [3.05, 3.63) is 47.2 Å². The van der Waals surface area contributed by atoms with Crippen molar-refractivity contribution in [2.45, 2.75) is 44.9 Å². The Morgan fingerprint density at radius 2 is 2.04 bits per heavy atom. The smallest absolute Gasteiger partial charge is 0.337 e. The van der Waals surface area contributed by atoms with E-state index in [-0.39, 0.29) is 23.7 Å². The highest BCUT2D eigenvalue weighted by Gasteiger charge is 2.38. The highest BCUT2D eigenvalue weighted by Crippen LogP contribution is 2.41. The minimum absolute atomic E-state index is 0.0153. The zero-order chi connectivity index (χ0) is 20.1. The van der Waals surface area contributed by atoms with Crippen LogP contribution in [0.5, 0.6) is 0 Å². The number of nitrogens with zero attached hydrogens (tertiary/aromatic N) is 6. The van der Waals surface area contributed by atoms with Gasteiger partial charge in [0.25, 0.3) is 5.91 Å². The summed E-state index contributed by atoms with van der Waals surface area (Å²) in [7, 11) is 1.59. The van der Waals surface area contributed by atoms with Gasteiger partial charge in [0, 0.05) is 43.5 Å². The fourth-order valence-corrected chi connectivity index (χ4v) is 3.13. The molecule has 148 valence electrons. The van der Waals surface area contributed by atoms with Gasteiger partial charge in [-0.15, -0.1) is 0 Å². The van der Waals surface area contributed by atoms with Gasteiger partial charge in [0.05, 0.1) is 12.4 Å². The fourth-order valence-electron chi connectivity index (χ4n) is 3.13. The van der Waals surface area contributed by atoms with E-state index in [0.717, 1.165) is 30.7 Å². The summed E-state index contributed by atoms with van der Waals surface area (Å²) in [6, 6.07) is 1.04. The van der Waals surface area contributed by atoms with Gasteiger partial charge in [0.1, 0.15) is 11.3 Å². The minimum atomic E-state index is -4.59. The Morgan fingerprint density at radius 1 is 1.29 bits per heavy atom. The molecule has 3 heterocycles. The first-order valence-electron chi connectivity index (χ1n) is 9.00.